The quantitative estimate of drug-likeness (QED) is 0.533. The van der Waals surface area contributed by atoms with E-state index in [9.17, 15) is 9.59 Å². The first kappa shape index (κ1) is 15.5. The van der Waals surface area contributed by atoms with E-state index in [0.29, 0.717) is 22.1 Å². The molecule has 1 N–H and O–H groups in total. The molecule has 0 aliphatic rings. The average Bonchev–Trinajstić information content (AvgIpc) is 3.21. The van der Waals surface area contributed by atoms with E-state index in [-0.39, 0.29) is 18.1 Å². The summed E-state index contributed by atoms with van der Waals surface area (Å²) in [6.45, 7) is -0.239. The fourth-order valence-corrected chi connectivity index (χ4v) is 2.64. The Balaban J connectivity index is 1.85. The molecule has 0 unspecified atom stereocenters. The van der Waals surface area contributed by atoms with Gasteiger partial charge < -0.3 is 4.74 Å². The summed E-state index contributed by atoms with van der Waals surface area (Å²) in [6, 6.07) is 7.17. The number of imidazole rings is 2. The highest BCUT2D eigenvalue weighted by molar-refractivity contribution is 5.79. The van der Waals surface area contributed by atoms with Crippen molar-refractivity contribution in [1.29, 1.82) is 5.26 Å². The predicted octanol–water partition coefficient (Wildman–Crippen LogP) is 0.503. The fraction of sp³-hybridized carbons (Fsp3) is 0.125. The molecule has 0 radical (unpaired) electrons. The molecule has 4 aromatic rings. The van der Waals surface area contributed by atoms with Crippen molar-refractivity contribution in [2.45, 2.75) is 6.54 Å². The van der Waals surface area contributed by atoms with Gasteiger partial charge in [-0.05, 0) is 18.2 Å². The summed E-state index contributed by atoms with van der Waals surface area (Å²) in [5.41, 5.74) is 2.01. The number of fused-ring (bicyclic) bond motifs is 2. The van der Waals surface area contributed by atoms with Crippen LogP contribution in [0.1, 0.15) is 5.56 Å². The summed E-state index contributed by atoms with van der Waals surface area (Å²) in [5.74, 6) is -0.275. The molecular weight excluding hydrogens is 338 g/mol. The number of aromatic nitrogens is 6. The van der Waals surface area contributed by atoms with E-state index in [2.05, 4.69) is 30.7 Å². The number of rotatable bonds is 3. The number of nitrogens with zero attached hydrogens (tertiary/aromatic N) is 6. The van der Waals surface area contributed by atoms with Gasteiger partial charge in [-0.15, -0.1) is 0 Å². The lowest BCUT2D eigenvalue weighted by molar-refractivity contribution is -0.141. The highest BCUT2D eigenvalue weighted by Crippen LogP contribution is 2.18. The molecule has 3 heterocycles. The van der Waals surface area contributed by atoms with Crippen molar-refractivity contribution in [3.63, 3.8) is 0 Å². The number of benzene rings is 1. The van der Waals surface area contributed by atoms with Crippen LogP contribution >= 0.6 is 0 Å². The molecule has 1 aromatic carbocycles. The van der Waals surface area contributed by atoms with Crippen LogP contribution in [-0.4, -0.2) is 42.1 Å². The third-order valence-corrected chi connectivity index (χ3v) is 3.92. The van der Waals surface area contributed by atoms with Crippen LogP contribution in [-0.2, 0) is 16.1 Å². The van der Waals surface area contributed by atoms with Crippen LogP contribution in [0.2, 0.25) is 0 Å². The van der Waals surface area contributed by atoms with E-state index >= 15 is 0 Å². The summed E-state index contributed by atoms with van der Waals surface area (Å²) in [4.78, 5) is 39.0. The minimum atomic E-state index is -0.554. The topological polar surface area (TPSA) is 131 Å². The highest BCUT2D eigenvalue weighted by Gasteiger charge is 2.15. The summed E-state index contributed by atoms with van der Waals surface area (Å²) in [5, 5.41) is 9.07. The number of carbonyl (C=O) groups is 1. The average molecular weight is 349 g/mol. The molecule has 0 aliphatic carbocycles. The largest absolute Gasteiger partial charge is 0.468 e. The second-order valence-corrected chi connectivity index (χ2v) is 5.43. The van der Waals surface area contributed by atoms with Gasteiger partial charge in [-0.3, -0.25) is 18.9 Å². The maximum atomic E-state index is 12.1. The number of carbonyl (C=O) groups excluding carboxylic acids is 1. The van der Waals surface area contributed by atoms with Gasteiger partial charge in [-0.2, -0.15) is 10.2 Å². The first-order chi connectivity index (χ1) is 12.6. The van der Waals surface area contributed by atoms with Crippen molar-refractivity contribution in [3.05, 3.63) is 46.8 Å². The summed E-state index contributed by atoms with van der Waals surface area (Å²) in [6.07, 6.45) is 2.98. The van der Waals surface area contributed by atoms with Crippen molar-refractivity contribution >= 4 is 28.2 Å². The summed E-state index contributed by atoms with van der Waals surface area (Å²) >= 11 is 0. The van der Waals surface area contributed by atoms with Crippen molar-refractivity contribution in [3.8, 4) is 12.0 Å². The number of aromatic amines is 1. The van der Waals surface area contributed by atoms with E-state index in [1.807, 2.05) is 0 Å². The lowest BCUT2D eigenvalue weighted by Crippen LogP contribution is -2.22. The van der Waals surface area contributed by atoms with Gasteiger partial charge in [0.05, 0.1) is 36.0 Å². The first-order valence-electron chi connectivity index (χ1n) is 7.50. The van der Waals surface area contributed by atoms with E-state index in [1.165, 1.54) is 24.2 Å². The molecule has 10 nitrogen and oxygen atoms in total. The van der Waals surface area contributed by atoms with Gasteiger partial charge in [0.15, 0.2) is 5.65 Å². The van der Waals surface area contributed by atoms with Crippen LogP contribution in [0.3, 0.4) is 0 Å². The Morgan fingerprint density at radius 3 is 2.96 bits per heavy atom. The smallest absolute Gasteiger partial charge is 0.328 e. The second kappa shape index (κ2) is 5.82. The van der Waals surface area contributed by atoms with Gasteiger partial charge in [0.1, 0.15) is 18.4 Å². The SMILES string of the molecule is COC(=O)Cn1c(=O)[nH]c2nc(-n3cnc4ccc(C#N)cc43)ncc21. The van der Waals surface area contributed by atoms with Gasteiger partial charge in [0.2, 0.25) is 5.95 Å². The van der Waals surface area contributed by atoms with Crippen LogP contribution < -0.4 is 5.69 Å². The van der Waals surface area contributed by atoms with Crippen LogP contribution in [0, 0.1) is 11.3 Å². The Labute approximate surface area is 145 Å². The van der Waals surface area contributed by atoms with Gasteiger partial charge in [-0.25, -0.2) is 14.8 Å². The van der Waals surface area contributed by atoms with Crippen LogP contribution in [0.4, 0.5) is 0 Å². The lowest BCUT2D eigenvalue weighted by atomic mass is 10.2. The molecule has 0 saturated heterocycles. The summed E-state index contributed by atoms with van der Waals surface area (Å²) < 4.78 is 7.40. The molecule has 0 amide bonds. The fourth-order valence-electron chi connectivity index (χ4n) is 2.64. The minimum absolute atomic E-state index is 0.239. The zero-order valence-electron chi connectivity index (χ0n) is 13.5. The number of hydrogen-bond donors (Lipinski definition) is 1. The molecule has 10 heteroatoms. The van der Waals surface area contributed by atoms with Crippen molar-refractivity contribution in [2.75, 3.05) is 7.11 Å². The molecule has 0 saturated carbocycles. The number of esters is 1. The molecule has 0 bridgehead atoms. The van der Waals surface area contributed by atoms with E-state index in [1.54, 1.807) is 22.8 Å². The van der Waals surface area contributed by atoms with E-state index in [4.69, 9.17) is 5.26 Å². The molecule has 3 aromatic heterocycles. The molecule has 0 atom stereocenters. The maximum absolute atomic E-state index is 12.1. The van der Waals surface area contributed by atoms with Gasteiger partial charge in [0, 0.05) is 0 Å². The van der Waals surface area contributed by atoms with E-state index in [0.717, 1.165) is 0 Å². The van der Waals surface area contributed by atoms with Gasteiger partial charge >= 0.3 is 11.7 Å². The lowest BCUT2D eigenvalue weighted by Gasteiger charge is -2.04. The molecular formula is C16H11N7O3. The molecule has 0 spiro atoms. The Kier molecular flexibility index (Phi) is 3.47. The Hall–Kier alpha value is -4.00. The third-order valence-electron chi connectivity index (χ3n) is 3.92. The third kappa shape index (κ3) is 2.39. The molecule has 0 aliphatic heterocycles. The van der Waals surface area contributed by atoms with E-state index < -0.39 is 11.7 Å². The Bertz CT molecular complexity index is 1260. The van der Waals surface area contributed by atoms with Crippen molar-refractivity contribution < 1.29 is 9.53 Å². The zero-order chi connectivity index (χ0) is 18.3. The Morgan fingerprint density at radius 2 is 2.19 bits per heavy atom. The maximum Gasteiger partial charge on any atom is 0.328 e. The second-order valence-electron chi connectivity index (χ2n) is 5.43. The number of hydrogen-bond acceptors (Lipinski definition) is 7. The van der Waals surface area contributed by atoms with Gasteiger partial charge in [0.25, 0.3) is 0 Å². The molecule has 26 heavy (non-hydrogen) atoms. The zero-order valence-corrected chi connectivity index (χ0v) is 13.5. The highest BCUT2D eigenvalue weighted by atomic mass is 16.5. The van der Waals surface area contributed by atoms with Crippen LogP contribution in [0.5, 0.6) is 0 Å². The van der Waals surface area contributed by atoms with Crippen molar-refractivity contribution in [2.24, 2.45) is 0 Å². The minimum Gasteiger partial charge on any atom is -0.468 e. The summed E-state index contributed by atoms with van der Waals surface area (Å²) in [7, 11) is 1.25. The monoisotopic (exact) mass is 349 g/mol. The standard InChI is InChI=1S/C16H11N7O3/c1-26-13(24)7-22-12-6-18-15(20-14(12)21-16(22)25)23-8-19-10-3-2-9(5-17)4-11(10)23/h2-4,6,8H,7H2,1H3,(H,18,20,21,25). The van der Waals surface area contributed by atoms with Crippen molar-refractivity contribution in [1.82, 2.24) is 29.1 Å². The molecule has 0 fully saturated rings. The number of ether oxygens (including phenoxy) is 1. The first-order valence-corrected chi connectivity index (χ1v) is 7.50. The Morgan fingerprint density at radius 1 is 1.35 bits per heavy atom. The molecule has 128 valence electrons. The number of methoxy groups -OCH3 is 1. The van der Waals surface area contributed by atoms with Crippen LogP contribution in [0.15, 0.2) is 35.5 Å². The van der Waals surface area contributed by atoms with Crippen LogP contribution in [0.25, 0.3) is 28.1 Å². The molecule has 4 rings (SSSR count). The number of H-pyrrole nitrogens is 1. The number of nitriles is 1. The predicted molar refractivity (Wildman–Crippen MR) is 89.5 cm³/mol. The van der Waals surface area contributed by atoms with Gasteiger partial charge in [-0.1, -0.05) is 0 Å². The number of nitrogens with one attached hydrogen (secondary N) is 1. The normalized spacial score (nSPS) is 10.9.